The summed E-state index contributed by atoms with van der Waals surface area (Å²) < 4.78 is 11.2. The molecule has 0 aliphatic heterocycles. The normalized spacial score (nSPS) is 13.6. The van der Waals surface area contributed by atoms with E-state index in [0.717, 1.165) is 11.5 Å². The van der Waals surface area contributed by atoms with E-state index in [4.69, 9.17) is 8.83 Å². The highest BCUT2D eigenvalue weighted by Gasteiger charge is 2.28. The molecule has 0 saturated carbocycles. The van der Waals surface area contributed by atoms with Gasteiger partial charge in [-0.2, -0.15) is 0 Å². The summed E-state index contributed by atoms with van der Waals surface area (Å²) in [7, 11) is 0. The highest BCUT2D eigenvalue weighted by atomic mass is 16.4. The first kappa shape index (κ1) is 17.1. The molecule has 6 nitrogen and oxygen atoms in total. The van der Waals surface area contributed by atoms with E-state index in [9.17, 15) is 14.7 Å². The molecular formula is C21H17NO5. The Balaban J connectivity index is 1.55. The predicted molar refractivity (Wildman–Crippen MR) is 101 cm³/mol. The summed E-state index contributed by atoms with van der Waals surface area (Å²) in [4.78, 5) is 24.5. The molecule has 2 aromatic carbocycles. The highest BCUT2D eigenvalue weighted by Crippen LogP contribution is 2.27. The number of benzene rings is 2. The Labute approximate surface area is 154 Å². The first-order valence-corrected chi connectivity index (χ1v) is 8.46. The van der Waals surface area contributed by atoms with Crippen molar-refractivity contribution in [3.63, 3.8) is 0 Å². The molecule has 0 saturated heterocycles. The summed E-state index contributed by atoms with van der Waals surface area (Å²) in [6.07, 6.45) is 0. The number of amides is 1. The zero-order valence-electron chi connectivity index (χ0n) is 14.6. The van der Waals surface area contributed by atoms with Gasteiger partial charge in [-0.15, -0.1) is 0 Å². The number of para-hydroxylation sites is 2. The molecule has 0 aliphatic carbocycles. The second kappa shape index (κ2) is 6.41. The molecular weight excluding hydrogens is 346 g/mol. The molecule has 0 bridgehead atoms. The number of furan rings is 1. The lowest BCUT2D eigenvalue weighted by Crippen LogP contribution is -2.38. The van der Waals surface area contributed by atoms with Crippen LogP contribution >= 0.6 is 0 Å². The van der Waals surface area contributed by atoms with E-state index in [2.05, 4.69) is 5.32 Å². The van der Waals surface area contributed by atoms with E-state index in [1.807, 2.05) is 18.2 Å². The SMILES string of the molecule is C[C@@](O)(CNC(=O)c1cc(=O)c2ccccc2o1)c1cc2ccccc2o1. The largest absolute Gasteiger partial charge is 0.458 e. The second-order valence-corrected chi connectivity index (χ2v) is 6.58. The Morgan fingerprint density at radius 3 is 2.52 bits per heavy atom. The molecule has 27 heavy (non-hydrogen) atoms. The first-order valence-electron chi connectivity index (χ1n) is 8.46. The van der Waals surface area contributed by atoms with Crippen LogP contribution in [-0.4, -0.2) is 17.6 Å². The predicted octanol–water partition coefficient (Wildman–Crippen LogP) is 3.18. The Hall–Kier alpha value is -3.38. The van der Waals surface area contributed by atoms with Crippen LogP contribution in [-0.2, 0) is 5.60 Å². The van der Waals surface area contributed by atoms with E-state index in [0.29, 0.717) is 22.3 Å². The number of fused-ring (bicyclic) bond motifs is 2. The molecule has 2 aromatic heterocycles. The summed E-state index contributed by atoms with van der Waals surface area (Å²) >= 11 is 0. The number of aliphatic hydroxyl groups is 1. The van der Waals surface area contributed by atoms with E-state index in [-0.39, 0.29) is 17.7 Å². The molecule has 0 fully saturated rings. The Morgan fingerprint density at radius 2 is 1.74 bits per heavy atom. The van der Waals surface area contributed by atoms with Crippen molar-refractivity contribution in [3.05, 3.63) is 82.4 Å². The van der Waals surface area contributed by atoms with Gasteiger partial charge in [-0.3, -0.25) is 9.59 Å². The number of nitrogens with one attached hydrogen (secondary N) is 1. The molecule has 0 spiro atoms. The van der Waals surface area contributed by atoms with Crippen molar-refractivity contribution in [2.24, 2.45) is 0 Å². The van der Waals surface area contributed by atoms with Gasteiger partial charge in [-0.1, -0.05) is 30.3 Å². The second-order valence-electron chi connectivity index (χ2n) is 6.58. The first-order chi connectivity index (χ1) is 12.9. The lowest BCUT2D eigenvalue weighted by atomic mass is 10.0. The minimum atomic E-state index is -1.42. The number of carbonyl (C=O) groups is 1. The van der Waals surface area contributed by atoms with Gasteiger partial charge in [-0.25, -0.2) is 0 Å². The number of rotatable bonds is 4. The summed E-state index contributed by atoms with van der Waals surface area (Å²) in [6, 6.07) is 17.0. The Kier molecular flexibility index (Phi) is 4.05. The van der Waals surface area contributed by atoms with E-state index < -0.39 is 11.5 Å². The smallest absolute Gasteiger partial charge is 0.287 e. The van der Waals surface area contributed by atoms with Crippen molar-refractivity contribution < 1.29 is 18.7 Å². The average molecular weight is 363 g/mol. The minimum absolute atomic E-state index is 0.109. The van der Waals surface area contributed by atoms with Crippen LogP contribution in [0.1, 0.15) is 23.2 Å². The molecule has 2 N–H and O–H groups in total. The maximum absolute atomic E-state index is 12.4. The molecule has 6 heteroatoms. The van der Waals surface area contributed by atoms with Crippen LogP contribution in [0.4, 0.5) is 0 Å². The zero-order chi connectivity index (χ0) is 19.0. The lowest BCUT2D eigenvalue weighted by molar-refractivity contribution is 0.0340. The van der Waals surface area contributed by atoms with E-state index >= 15 is 0 Å². The fourth-order valence-electron chi connectivity index (χ4n) is 2.89. The van der Waals surface area contributed by atoms with Crippen LogP contribution < -0.4 is 10.7 Å². The highest BCUT2D eigenvalue weighted by molar-refractivity contribution is 5.93. The van der Waals surface area contributed by atoms with Crippen molar-refractivity contribution in [1.82, 2.24) is 5.32 Å². The Morgan fingerprint density at radius 1 is 1.04 bits per heavy atom. The monoisotopic (exact) mass is 363 g/mol. The fraction of sp³-hybridized carbons (Fsp3) is 0.143. The maximum atomic E-state index is 12.4. The quantitative estimate of drug-likeness (QED) is 0.581. The van der Waals surface area contributed by atoms with Gasteiger partial charge in [-0.05, 0) is 31.2 Å². The van der Waals surface area contributed by atoms with Crippen molar-refractivity contribution in [2.45, 2.75) is 12.5 Å². The number of hydrogen-bond acceptors (Lipinski definition) is 5. The minimum Gasteiger partial charge on any atom is -0.458 e. The summed E-state index contributed by atoms with van der Waals surface area (Å²) in [5.74, 6) is -0.364. The molecule has 0 unspecified atom stereocenters. The molecule has 136 valence electrons. The van der Waals surface area contributed by atoms with Crippen LogP contribution in [0.3, 0.4) is 0 Å². The van der Waals surface area contributed by atoms with Gasteiger partial charge >= 0.3 is 0 Å². The van der Waals surface area contributed by atoms with Crippen LogP contribution in [0.5, 0.6) is 0 Å². The summed E-state index contributed by atoms with van der Waals surface area (Å²) in [5, 5.41) is 14.6. The number of hydrogen-bond donors (Lipinski definition) is 2. The van der Waals surface area contributed by atoms with Gasteiger partial charge in [0.15, 0.2) is 11.2 Å². The van der Waals surface area contributed by atoms with Crippen molar-refractivity contribution >= 4 is 27.8 Å². The van der Waals surface area contributed by atoms with Crippen LogP contribution in [0.2, 0.25) is 0 Å². The van der Waals surface area contributed by atoms with Gasteiger partial charge in [0.2, 0.25) is 0 Å². The van der Waals surface area contributed by atoms with E-state index in [1.54, 1.807) is 43.3 Å². The molecule has 4 aromatic rings. The zero-order valence-corrected chi connectivity index (χ0v) is 14.6. The molecule has 0 aliphatic rings. The van der Waals surface area contributed by atoms with Gasteiger partial charge in [0.1, 0.15) is 22.5 Å². The molecule has 4 rings (SSSR count). The molecule has 2 heterocycles. The molecule has 1 amide bonds. The number of carbonyl (C=O) groups excluding carboxylic acids is 1. The standard InChI is InChI=1S/C21H17NO5/c1-21(25,19-10-13-6-2-4-8-16(13)27-19)12-22-20(24)18-11-15(23)14-7-3-5-9-17(14)26-18/h2-11,25H,12H2,1H3,(H,22,24)/t21-/m1/s1. The third kappa shape index (κ3) is 3.22. The van der Waals surface area contributed by atoms with Crippen molar-refractivity contribution in [3.8, 4) is 0 Å². The van der Waals surface area contributed by atoms with Crippen molar-refractivity contribution in [1.29, 1.82) is 0 Å². The third-order valence-electron chi connectivity index (χ3n) is 4.41. The lowest BCUT2D eigenvalue weighted by Gasteiger charge is -2.20. The topological polar surface area (TPSA) is 92.7 Å². The van der Waals surface area contributed by atoms with Crippen molar-refractivity contribution in [2.75, 3.05) is 6.54 Å². The van der Waals surface area contributed by atoms with E-state index in [1.165, 1.54) is 0 Å². The van der Waals surface area contributed by atoms with Crippen LogP contribution in [0.25, 0.3) is 21.9 Å². The van der Waals surface area contributed by atoms with Crippen LogP contribution in [0.15, 0.2) is 74.3 Å². The fourth-order valence-corrected chi connectivity index (χ4v) is 2.89. The van der Waals surface area contributed by atoms with Crippen LogP contribution in [0, 0.1) is 0 Å². The molecule has 1 atom stereocenters. The Bertz CT molecular complexity index is 1170. The van der Waals surface area contributed by atoms with Gasteiger partial charge in [0.25, 0.3) is 5.91 Å². The third-order valence-corrected chi connectivity index (χ3v) is 4.41. The summed E-state index contributed by atoms with van der Waals surface area (Å²) in [5.41, 5.74) is -0.740. The average Bonchev–Trinajstić information content (AvgIpc) is 3.11. The van der Waals surface area contributed by atoms with Gasteiger partial charge < -0.3 is 19.3 Å². The van der Waals surface area contributed by atoms with Gasteiger partial charge in [0.05, 0.1) is 11.9 Å². The molecule has 0 radical (unpaired) electrons. The maximum Gasteiger partial charge on any atom is 0.287 e. The van der Waals surface area contributed by atoms with Gasteiger partial charge in [0, 0.05) is 11.5 Å². The summed E-state index contributed by atoms with van der Waals surface area (Å²) in [6.45, 7) is 1.43.